The van der Waals surface area contributed by atoms with E-state index in [1.165, 1.54) is 5.56 Å². The summed E-state index contributed by atoms with van der Waals surface area (Å²) in [6.07, 6.45) is 0.853. The second kappa shape index (κ2) is 6.23. The molecule has 0 radical (unpaired) electrons. The fourth-order valence-corrected chi connectivity index (χ4v) is 1.91. The summed E-state index contributed by atoms with van der Waals surface area (Å²) in [6.45, 7) is 0.692. The summed E-state index contributed by atoms with van der Waals surface area (Å²) in [5.74, 6) is 0. The minimum atomic E-state index is 0.507. The first-order chi connectivity index (χ1) is 9.35. The van der Waals surface area contributed by atoms with Crippen LogP contribution in [-0.2, 0) is 6.42 Å². The maximum Gasteiger partial charge on any atom is 0.101 e. The summed E-state index contributed by atoms with van der Waals surface area (Å²) in [5.41, 5.74) is 2.87. The standard InChI is InChI=1S/C16H13N3/c17-11-14-7-4-8-15(12-18)16(14)19-10-9-13-5-2-1-3-6-13/h1-8,19H,9-10H2. The normalized spacial score (nSPS) is 9.37. The highest BCUT2D eigenvalue weighted by Gasteiger charge is 2.06. The predicted octanol–water partition coefficient (Wildman–Crippen LogP) is 3.08. The number of nitrogens with zero attached hydrogens (tertiary/aromatic N) is 2. The average Bonchev–Trinajstić information content (AvgIpc) is 2.48. The third-order valence-electron chi connectivity index (χ3n) is 2.86. The molecule has 19 heavy (non-hydrogen) atoms. The molecule has 0 aromatic heterocycles. The molecular formula is C16H13N3. The van der Waals surface area contributed by atoms with E-state index < -0.39 is 0 Å². The average molecular weight is 247 g/mol. The Morgan fingerprint density at radius 2 is 1.47 bits per heavy atom. The highest BCUT2D eigenvalue weighted by atomic mass is 14.9. The van der Waals surface area contributed by atoms with Crippen molar-refractivity contribution in [1.29, 1.82) is 10.5 Å². The summed E-state index contributed by atoms with van der Waals surface area (Å²) in [4.78, 5) is 0. The van der Waals surface area contributed by atoms with Crippen molar-refractivity contribution < 1.29 is 0 Å². The van der Waals surface area contributed by atoms with Crippen LogP contribution in [0, 0.1) is 22.7 Å². The van der Waals surface area contributed by atoms with E-state index in [4.69, 9.17) is 10.5 Å². The lowest BCUT2D eigenvalue weighted by molar-refractivity contribution is 1.02. The van der Waals surface area contributed by atoms with Crippen molar-refractivity contribution in [3.8, 4) is 12.1 Å². The SMILES string of the molecule is N#Cc1cccc(C#N)c1NCCc1ccccc1. The van der Waals surface area contributed by atoms with Gasteiger partial charge in [0, 0.05) is 6.54 Å². The van der Waals surface area contributed by atoms with Gasteiger partial charge in [0.1, 0.15) is 12.1 Å². The molecule has 3 nitrogen and oxygen atoms in total. The Morgan fingerprint density at radius 3 is 2.05 bits per heavy atom. The Kier molecular flexibility index (Phi) is 4.16. The zero-order valence-electron chi connectivity index (χ0n) is 10.4. The molecule has 0 aliphatic rings. The maximum absolute atomic E-state index is 9.06. The van der Waals surface area contributed by atoms with Gasteiger partial charge in [0.15, 0.2) is 0 Å². The van der Waals surface area contributed by atoms with E-state index in [0.717, 1.165) is 6.42 Å². The van der Waals surface area contributed by atoms with Crippen molar-refractivity contribution in [1.82, 2.24) is 0 Å². The van der Waals surface area contributed by atoms with E-state index in [1.807, 2.05) is 18.2 Å². The molecule has 0 spiro atoms. The van der Waals surface area contributed by atoms with Gasteiger partial charge in [0.05, 0.1) is 16.8 Å². The van der Waals surface area contributed by atoms with Crippen molar-refractivity contribution in [2.24, 2.45) is 0 Å². The summed E-state index contributed by atoms with van der Waals surface area (Å²) >= 11 is 0. The van der Waals surface area contributed by atoms with Crippen LogP contribution < -0.4 is 5.32 Å². The zero-order chi connectivity index (χ0) is 13.5. The summed E-state index contributed by atoms with van der Waals surface area (Å²) < 4.78 is 0. The molecule has 1 N–H and O–H groups in total. The van der Waals surface area contributed by atoms with Crippen molar-refractivity contribution in [3.63, 3.8) is 0 Å². The fraction of sp³-hybridized carbons (Fsp3) is 0.125. The minimum absolute atomic E-state index is 0.507. The molecule has 3 heteroatoms. The fourth-order valence-electron chi connectivity index (χ4n) is 1.91. The van der Waals surface area contributed by atoms with Gasteiger partial charge in [0.2, 0.25) is 0 Å². The topological polar surface area (TPSA) is 59.6 Å². The molecular weight excluding hydrogens is 234 g/mol. The summed E-state index contributed by atoms with van der Waals surface area (Å²) in [5, 5.41) is 21.3. The van der Waals surface area contributed by atoms with E-state index in [0.29, 0.717) is 23.4 Å². The quantitative estimate of drug-likeness (QED) is 0.903. The van der Waals surface area contributed by atoms with E-state index in [2.05, 4.69) is 29.6 Å². The molecule has 92 valence electrons. The van der Waals surface area contributed by atoms with Crippen LogP contribution >= 0.6 is 0 Å². The molecule has 0 aliphatic heterocycles. The van der Waals surface area contributed by atoms with Crippen LogP contribution in [0.2, 0.25) is 0 Å². The van der Waals surface area contributed by atoms with Gasteiger partial charge in [-0.15, -0.1) is 0 Å². The lowest BCUT2D eigenvalue weighted by Crippen LogP contribution is -2.07. The maximum atomic E-state index is 9.06. The molecule has 0 saturated carbocycles. The van der Waals surface area contributed by atoms with Crippen LogP contribution in [0.25, 0.3) is 0 Å². The van der Waals surface area contributed by atoms with Crippen LogP contribution in [0.5, 0.6) is 0 Å². The summed E-state index contributed by atoms with van der Waals surface area (Å²) in [6, 6.07) is 19.5. The van der Waals surface area contributed by atoms with Gasteiger partial charge in [-0.2, -0.15) is 10.5 Å². The van der Waals surface area contributed by atoms with Crippen LogP contribution in [0.4, 0.5) is 5.69 Å². The molecule has 0 unspecified atom stereocenters. The van der Waals surface area contributed by atoms with Crippen LogP contribution in [0.1, 0.15) is 16.7 Å². The van der Waals surface area contributed by atoms with Crippen LogP contribution in [-0.4, -0.2) is 6.54 Å². The largest absolute Gasteiger partial charge is 0.383 e. The van der Waals surface area contributed by atoms with Gasteiger partial charge in [-0.3, -0.25) is 0 Å². The lowest BCUT2D eigenvalue weighted by Gasteiger charge is -2.09. The second-order valence-electron chi connectivity index (χ2n) is 4.11. The first kappa shape index (κ1) is 12.7. The Labute approximate surface area is 112 Å². The van der Waals surface area contributed by atoms with Gasteiger partial charge in [-0.05, 0) is 24.1 Å². The van der Waals surface area contributed by atoms with Gasteiger partial charge in [-0.25, -0.2) is 0 Å². The Balaban J connectivity index is 2.08. The number of anilines is 1. The number of rotatable bonds is 4. The highest BCUT2D eigenvalue weighted by Crippen LogP contribution is 2.19. The lowest BCUT2D eigenvalue weighted by atomic mass is 10.1. The van der Waals surface area contributed by atoms with E-state index in [9.17, 15) is 0 Å². The molecule has 0 amide bonds. The van der Waals surface area contributed by atoms with E-state index >= 15 is 0 Å². The van der Waals surface area contributed by atoms with Crippen molar-refractivity contribution >= 4 is 5.69 Å². The number of para-hydroxylation sites is 1. The zero-order valence-corrected chi connectivity index (χ0v) is 10.4. The molecule has 0 aliphatic carbocycles. The number of benzene rings is 2. The molecule has 0 fully saturated rings. The Bertz CT molecular complexity index is 601. The molecule has 0 atom stereocenters. The Morgan fingerprint density at radius 1 is 0.842 bits per heavy atom. The monoisotopic (exact) mass is 247 g/mol. The third kappa shape index (κ3) is 3.12. The second-order valence-corrected chi connectivity index (χ2v) is 4.11. The first-order valence-electron chi connectivity index (χ1n) is 6.06. The van der Waals surface area contributed by atoms with Crippen molar-refractivity contribution in [3.05, 3.63) is 65.2 Å². The first-order valence-corrected chi connectivity index (χ1v) is 6.06. The number of nitrogens with one attached hydrogen (secondary N) is 1. The van der Waals surface area contributed by atoms with Crippen LogP contribution in [0.15, 0.2) is 48.5 Å². The van der Waals surface area contributed by atoms with Gasteiger partial charge in [-0.1, -0.05) is 36.4 Å². The van der Waals surface area contributed by atoms with E-state index in [1.54, 1.807) is 18.2 Å². The highest BCUT2D eigenvalue weighted by molar-refractivity contribution is 5.66. The third-order valence-corrected chi connectivity index (χ3v) is 2.86. The van der Waals surface area contributed by atoms with Gasteiger partial charge < -0.3 is 5.32 Å². The molecule has 0 heterocycles. The summed E-state index contributed by atoms with van der Waals surface area (Å²) in [7, 11) is 0. The molecule has 2 aromatic rings. The molecule has 2 rings (SSSR count). The molecule has 0 bridgehead atoms. The van der Waals surface area contributed by atoms with Crippen molar-refractivity contribution in [2.75, 3.05) is 11.9 Å². The van der Waals surface area contributed by atoms with Gasteiger partial charge >= 0.3 is 0 Å². The smallest absolute Gasteiger partial charge is 0.101 e. The van der Waals surface area contributed by atoms with E-state index in [-0.39, 0.29) is 0 Å². The number of hydrogen-bond acceptors (Lipinski definition) is 3. The number of hydrogen-bond donors (Lipinski definition) is 1. The molecule has 0 saturated heterocycles. The molecule has 2 aromatic carbocycles. The van der Waals surface area contributed by atoms with Crippen molar-refractivity contribution in [2.45, 2.75) is 6.42 Å². The van der Waals surface area contributed by atoms with Crippen LogP contribution in [0.3, 0.4) is 0 Å². The Hall–Kier alpha value is -2.78. The van der Waals surface area contributed by atoms with Gasteiger partial charge in [0.25, 0.3) is 0 Å². The number of nitriles is 2. The minimum Gasteiger partial charge on any atom is -0.383 e. The predicted molar refractivity (Wildman–Crippen MR) is 74.5 cm³/mol.